The number of sulfonamides is 1. The van der Waals surface area contributed by atoms with E-state index in [0.717, 1.165) is 15.7 Å². The van der Waals surface area contributed by atoms with Gasteiger partial charge in [0, 0.05) is 36.3 Å². The molecule has 1 aliphatic heterocycles. The molecule has 0 saturated carbocycles. The van der Waals surface area contributed by atoms with E-state index in [9.17, 15) is 8.42 Å². The molecule has 0 spiro atoms. The highest BCUT2D eigenvalue weighted by atomic mass is 32.2. The number of ether oxygens (including phenoxy) is 1. The third-order valence-electron chi connectivity index (χ3n) is 5.08. The Kier molecular flexibility index (Phi) is 5.98. The molecular weight excluding hydrogens is 422 g/mol. The normalized spacial score (nSPS) is 15.8. The molecule has 1 fully saturated rings. The van der Waals surface area contributed by atoms with Crippen molar-refractivity contribution in [1.82, 2.24) is 19.3 Å². The van der Waals surface area contributed by atoms with Crippen molar-refractivity contribution >= 4 is 32.3 Å². The van der Waals surface area contributed by atoms with Crippen LogP contribution < -0.4 is 10.1 Å². The predicted octanol–water partition coefficient (Wildman–Crippen LogP) is 3.56. The first-order chi connectivity index (χ1) is 14.5. The van der Waals surface area contributed by atoms with E-state index in [1.807, 2.05) is 13.1 Å². The van der Waals surface area contributed by atoms with Gasteiger partial charge in [-0.2, -0.15) is 4.31 Å². The van der Waals surface area contributed by atoms with Crippen LogP contribution in [0.1, 0.15) is 29.3 Å². The van der Waals surface area contributed by atoms with Gasteiger partial charge in [-0.05, 0) is 44.0 Å². The molecule has 0 radical (unpaired) electrons. The van der Waals surface area contributed by atoms with Crippen LogP contribution in [0, 0.1) is 6.92 Å². The van der Waals surface area contributed by atoms with Crippen LogP contribution in [0.5, 0.6) is 5.75 Å². The average Bonchev–Trinajstić information content (AvgIpc) is 3.18. The Hall–Kier alpha value is -2.56. The molecule has 3 heterocycles. The summed E-state index contributed by atoms with van der Waals surface area (Å²) in [5.41, 5.74) is 0.870. The zero-order chi connectivity index (χ0) is 21.1. The predicted molar refractivity (Wildman–Crippen MR) is 116 cm³/mol. The Morgan fingerprint density at radius 3 is 2.50 bits per heavy atom. The van der Waals surface area contributed by atoms with Gasteiger partial charge in [0.15, 0.2) is 10.9 Å². The molecule has 0 aliphatic carbocycles. The lowest BCUT2D eigenvalue weighted by molar-refractivity contribution is 0.316. The largest absolute Gasteiger partial charge is 0.497 e. The van der Waals surface area contributed by atoms with E-state index >= 15 is 0 Å². The van der Waals surface area contributed by atoms with Gasteiger partial charge in [0.25, 0.3) is 0 Å². The van der Waals surface area contributed by atoms with Gasteiger partial charge >= 0.3 is 0 Å². The smallest absolute Gasteiger partial charge is 0.243 e. The molecule has 10 heteroatoms. The minimum atomic E-state index is -3.52. The van der Waals surface area contributed by atoms with Crippen LogP contribution in [0.15, 0.2) is 47.8 Å². The van der Waals surface area contributed by atoms with Crippen LogP contribution in [0.2, 0.25) is 0 Å². The topological polar surface area (TPSA) is 97.3 Å². The number of thiazole rings is 1. The number of benzene rings is 1. The Morgan fingerprint density at radius 2 is 1.87 bits per heavy atom. The maximum absolute atomic E-state index is 12.9. The Labute approximate surface area is 180 Å². The van der Waals surface area contributed by atoms with E-state index in [1.165, 1.54) is 0 Å². The van der Waals surface area contributed by atoms with Crippen molar-refractivity contribution < 1.29 is 13.2 Å². The van der Waals surface area contributed by atoms with E-state index in [-0.39, 0.29) is 10.8 Å². The third-order valence-corrected chi connectivity index (χ3v) is 7.82. The van der Waals surface area contributed by atoms with E-state index in [2.05, 4.69) is 20.3 Å². The summed E-state index contributed by atoms with van der Waals surface area (Å²) >= 11 is 1.56. The summed E-state index contributed by atoms with van der Waals surface area (Å²) in [6, 6.07) is 6.50. The Morgan fingerprint density at radius 1 is 1.13 bits per heavy atom. The summed E-state index contributed by atoms with van der Waals surface area (Å²) < 4.78 is 32.5. The molecule has 0 bridgehead atoms. The van der Waals surface area contributed by atoms with E-state index in [4.69, 9.17) is 4.74 Å². The van der Waals surface area contributed by atoms with E-state index in [1.54, 1.807) is 59.4 Å². The number of hydrogen-bond donors (Lipinski definition) is 1. The number of methoxy groups -OCH3 is 1. The summed E-state index contributed by atoms with van der Waals surface area (Å²) in [6.07, 6.45) is 6.64. The van der Waals surface area contributed by atoms with Crippen molar-refractivity contribution in [3.63, 3.8) is 0 Å². The average molecular weight is 446 g/mol. The van der Waals surface area contributed by atoms with Crippen molar-refractivity contribution in [3.8, 4) is 5.75 Å². The number of nitrogens with one attached hydrogen (secondary N) is 1. The summed E-state index contributed by atoms with van der Waals surface area (Å²) in [6.45, 7) is 2.90. The van der Waals surface area contributed by atoms with E-state index in [0.29, 0.717) is 37.5 Å². The lowest BCUT2D eigenvalue weighted by atomic mass is 9.95. The lowest BCUT2D eigenvalue weighted by Gasteiger charge is -2.31. The van der Waals surface area contributed by atoms with Crippen molar-refractivity contribution in [2.24, 2.45) is 0 Å². The SMILES string of the molecule is COc1ccc(S(=O)(=O)N2CCC(c3cncc(Nc4ncc(C)s4)n3)CC2)cc1. The third kappa shape index (κ3) is 4.45. The van der Waals surface area contributed by atoms with E-state index < -0.39 is 10.0 Å². The number of hydrogen-bond acceptors (Lipinski definition) is 8. The lowest BCUT2D eigenvalue weighted by Crippen LogP contribution is -2.38. The molecule has 1 aliphatic rings. The minimum absolute atomic E-state index is 0.166. The highest BCUT2D eigenvalue weighted by molar-refractivity contribution is 7.89. The fourth-order valence-electron chi connectivity index (χ4n) is 3.45. The van der Waals surface area contributed by atoms with Gasteiger partial charge in [-0.15, -0.1) is 11.3 Å². The summed E-state index contributed by atoms with van der Waals surface area (Å²) in [5.74, 6) is 1.45. The van der Waals surface area contributed by atoms with Crippen LogP contribution >= 0.6 is 11.3 Å². The Bertz CT molecular complexity index is 1110. The number of aromatic nitrogens is 3. The van der Waals surface area contributed by atoms with Gasteiger partial charge < -0.3 is 10.1 Å². The van der Waals surface area contributed by atoms with Crippen LogP contribution in [0.3, 0.4) is 0 Å². The van der Waals surface area contributed by atoms with Crippen molar-refractivity contribution in [2.45, 2.75) is 30.6 Å². The first kappa shape index (κ1) is 20.7. The van der Waals surface area contributed by atoms with Gasteiger partial charge in [-0.3, -0.25) is 4.98 Å². The zero-order valence-electron chi connectivity index (χ0n) is 16.8. The number of nitrogens with zero attached hydrogens (tertiary/aromatic N) is 4. The van der Waals surface area contributed by atoms with Gasteiger partial charge in [-0.1, -0.05) is 0 Å². The van der Waals surface area contributed by atoms with Crippen LogP contribution in [-0.4, -0.2) is 47.9 Å². The molecule has 0 unspecified atom stereocenters. The number of piperidine rings is 1. The zero-order valence-corrected chi connectivity index (χ0v) is 18.4. The molecule has 1 aromatic carbocycles. The molecular formula is C20H23N5O3S2. The molecule has 0 amide bonds. The quantitative estimate of drug-likeness (QED) is 0.619. The standard InChI is InChI=1S/C20H23N5O3S2/c1-14-11-22-20(29-14)24-19-13-21-12-18(23-19)15-7-9-25(10-8-15)30(26,27)17-5-3-16(28-2)4-6-17/h3-6,11-13,15H,7-10H2,1-2H3,(H,22,23,24). The maximum atomic E-state index is 12.9. The fraction of sp³-hybridized carbons (Fsp3) is 0.350. The molecule has 4 rings (SSSR count). The summed E-state index contributed by atoms with van der Waals surface area (Å²) in [5, 5.41) is 3.96. The molecule has 0 atom stereocenters. The van der Waals surface area contributed by atoms with Gasteiger partial charge in [0.05, 0.1) is 23.9 Å². The maximum Gasteiger partial charge on any atom is 0.243 e. The number of aryl methyl sites for hydroxylation is 1. The number of anilines is 2. The highest BCUT2D eigenvalue weighted by Crippen LogP contribution is 2.31. The Balaban J connectivity index is 1.42. The molecule has 1 saturated heterocycles. The number of rotatable bonds is 6. The van der Waals surface area contributed by atoms with Crippen molar-refractivity contribution in [1.29, 1.82) is 0 Å². The van der Waals surface area contributed by atoms with Gasteiger partial charge in [0.2, 0.25) is 10.0 Å². The highest BCUT2D eigenvalue weighted by Gasteiger charge is 2.30. The molecule has 1 N–H and O–H groups in total. The molecule has 30 heavy (non-hydrogen) atoms. The van der Waals surface area contributed by atoms with Crippen LogP contribution in [0.4, 0.5) is 10.9 Å². The molecule has 3 aromatic rings. The monoisotopic (exact) mass is 445 g/mol. The summed E-state index contributed by atoms with van der Waals surface area (Å²) in [4.78, 5) is 14.7. The fourth-order valence-corrected chi connectivity index (χ4v) is 5.59. The van der Waals surface area contributed by atoms with Gasteiger partial charge in [0.1, 0.15) is 5.75 Å². The first-order valence-corrected chi connectivity index (χ1v) is 11.9. The van der Waals surface area contributed by atoms with Crippen LogP contribution in [0.25, 0.3) is 0 Å². The first-order valence-electron chi connectivity index (χ1n) is 9.61. The van der Waals surface area contributed by atoms with Gasteiger partial charge in [-0.25, -0.2) is 18.4 Å². The second kappa shape index (κ2) is 8.66. The molecule has 8 nitrogen and oxygen atoms in total. The second-order valence-electron chi connectivity index (χ2n) is 7.08. The molecule has 2 aromatic heterocycles. The minimum Gasteiger partial charge on any atom is -0.497 e. The summed E-state index contributed by atoms with van der Waals surface area (Å²) in [7, 11) is -1.96. The van der Waals surface area contributed by atoms with Crippen LogP contribution in [-0.2, 0) is 10.0 Å². The van der Waals surface area contributed by atoms with Crippen molar-refractivity contribution in [2.75, 3.05) is 25.5 Å². The molecule has 158 valence electrons. The second-order valence-corrected chi connectivity index (χ2v) is 10.3. The van der Waals surface area contributed by atoms with Crippen molar-refractivity contribution in [3.05, 3.63) is 53.4 Å².